The van der Waals surface area contributed by atoms with Crippen LogP contribution in [0.2, 0.25) is 0 Å². The highest BCUT2D eigenvalue weighted by molar-refractivity contribution is 7.80. The van der Waals surface area contributed by atoms with E-state index in [1.807, 2.05) is 43.5 Å². The SMILES string of the molecule is CCOc1ccc(-n2cccc2[C@H]2[C@@H](c3ccccn3)NC(=S)N2Cc2ccccc2)cc1. The number of benzene rings is 2. The van der Waals surface area contributed by atoms with Crippen molar-refractivity contribution in [3.63, 3.8) is 0 Å². The molecule has 0 spiro atoms. The van der Waals surface area contributed by atoms with Crippen LogP contribution in [0.5, 0.6) is 5.75 Å². The summed E-state index contributed by atoms with van der Waals surface area (Å²) in [7, 11) is 0. The molecule has 3 heterocycles. The molecule has 1 N–H and O–H groups in total. The van der Waals surface area contributed by atoms with Crippen molar-refractivity contribution in [2.24, 2.45) is 0 Å². The maximum Gasteiger partial charge on any atom is 0.170 e. The van der Waals surface area contributed by atoms with Crippen LogP contribution in [-0.2, 0) is 6.54 Å². The van der Waals surface area contributed by atoms with Gasteiger partial charge in [-0.25, -0.2) is 0 Å². The smallest absolute Gasteiger partial charge is 0.170 e. The average molecular weight is 455 g/mol. The van der Waals surface area contributed by atoms with E-state index < -0.39 is 0 Å². The fraction of sp³-hybridized carbons (Fsp3) is 0.185. The highest BCUT2D eigenvalue weighted by Gasteiger charge is 2.41. The molecule has 2 atom stereocenters. The summed E-state index contributed by atoms with van der Waals surface area (Å²) in [5, 5.41) is 4.28. The van der Waals surface area contributed by atoms with Crippen molar-refractivity contribution in [2.75, 3.05) is 6.61 Å². The number of rotatable bonds is 7. The molecule has 0 saturated carbocycles. The number of pyridine rings is 1. The second kappa shape index (κ2) is 9.46. The zero-order valence-corrected chi connectivity index (χ0v) is 19.3. The van der Waals surface area contributed by atoms with E-state index >= 15 is 0 Å². The topological polar surface area (TPSA) is 42.3 Å². The fourth-order valence-electron chi connectivity index (χ4n) is 4.42. The number of thiocarbonyl (C=S) groups is 1. The van der Waals surface area contributed by atoms with Crippen molar-refractivity contribution >= 4 is 17.3 Å². The largest absolute Gasteiger partial charge is 0.494 e. The third kappa shape index (κ3) is 4.34. The number of nitrogens with zero attached hydrogens (tertiary/aromatic N) is 3. The highest BCUT2D eigenvalue weighted by Crippen LogP contribution is 2.40. The van der Waals surface area contributed by atoms with Gasteiger partial charge < -0.3 is 19.5 Å². The molecule has 0 unspecified atom stereocenters. The second-order valence-electron chi connectivity index (χ2n) is 7.97. The van der Waals surface area contributed by atoms with Gasteiger partial charge in [0.25, 0.3) is 0 Å². The maximum absolute atomic E-state index is 5.84. The van der Waals surface area contributed by atoms with Gasteiger partial charge in [-0.15, -0.1) is 0 Å². The van der Waals surface area contributed by atoms with Gasteiger partial charge in [-0.1, -0.05) is 36.4 Å². The lowest BCUT2D eigenvalue weighted by Gasteiger charge is -2.29. The molecule has 166 valence electrons. The van der Waals surface area contributed by atoms with Crippen molar-refractivity contribution < 1.29 is 4.74 Å². The van der Waals surface area contributed by atoms with Gasteiger partial charge in [-0.05, 0) is 73.2 Å². The Kier molecular flexibility index (Phi) is 6.09. The Hall–Kier alpha value is -3.64. The molecule has 6 heteroatoms. The molecule has 0 amide bonds. The van der Waals surface area contributed by atoms with Gasteiger partial charge in [0.05, 0.1) is 24.4 Å². The number of hydrogen-bond acceptors (Lipinski definition) is 3. The minimum absolute atomic E-state index is 0.0193. The molecule has 4 aromatic rings. The third-order valence-electron chi connectivity index (χ3n) is 5.90. The second-order valence-corrected chi connectivity index (χ2v) is 8.36. The molecule has 2 aromatic carbocycles. The third-order valence-corrected chi connectivity index (χ3v) is 6.26. The monoisotopic (exact) mass is 454 g/mol. The number of ether oxygens (including phenoxy) is 1. The molecule has 2 aromatic heterocycles. The van der Waals surface area contributed by atoms with E-state index in [-0.39, 0.29) is 12.1 Å². The molecule has 5 rings (SSSR count). The Morgan fingerprint density at radius 1 is 0.939 bits per heavy atom. The Morgan fingerprint density at radius 2 is 1.73 bits per heavy atom. The zero-order valence-electron chi connectivity index (χ0n) is 18.5. The van der Waals surface area contributed by atoms with E-state index in [0.29, 0.717) is 6.61 Å². The molecule has 1 fully saturated rings. The van der Waals surface area contributed by atoms with E-state index in [2.05, 4.69) is 80.6 Å². The first-order chi connectivity index (χ1) is 16.2. The molecule has 0 radical (unpaired) electrons. The van der Waals surface area contributed by atoms with Gasteiger partial charge in [0.1, 0.15) is 5.75 Å². The molecular weight excluding hydrogens is 428 g/mol. The summed E-state index contributed by atoms with van der Waals surface area (Å²) in [4.78, 5) is 6.92. The summed E-state index contributed by atoms with van der Waals surface area (Å²) < 4.78 is 7.85. The molecule has 1 saturated heterocycles. The predicted molar refractivity (Wildman–Crippen MR) is 134 cm³/mol. The summed E-state index contributed by atoms with van der Waals surface area (Å²) in [5.74, 6) is 0.871. The lowest BCUT2D eigenvalue weighted by Crippen LogP contribution is -2.30. The number of aromatic nitrogens is 2. The maximum atomic E-state index is 5.84. The Morgan fingerprint density at radius 3 is 2.45 bits per heavy atom. The lowest BCUT2D eigenvalue weighted by molar-refractivity contribution is 0.302. The molecule has 0 bridgehead atoms. The van der Waals surface area contributed by atoms with Gasteiger partial charge in [0, 0.05) is 30.3 Å². The van der Waals surface area contributed by atoms with Gasteiger partial charge in [-0.2, -0.15) is 0 Å². The van der Waals surface area contributed by atoms with Crippen LogP contribution in [0.4, 0.5) is 0 Å². The van der Waals surface area contributed by atoms with Crippen molar-refractivity contribution in [3.05, 3.63) is 114 Å². The zero-order chi connectivity index (χ0) is 22.6. The quantitative estimate of drug-likeness (QED) is 0.377. The fourth-order valence-corrected chi connectivity index (χ4v) is 4.72. The number of hydrogen-bond donors (Lipinski definition) is 1. The van der Waals surface area contributed by atoms with E-state index in [1.54, 1.807) is 0 Å². The van der Waals surface area contributed by atoms with Crippen LogP contribution >= 0.6 is 12.2 Å². The van der Waals surface area contributed by atoms with Crippen LogP contribution < -0.4 is 10.1 Å². The van der Waals surface area contributed by atoms with Gasteiger partial charge in [-0.3, -0.25) is 4.98 Å². The lowest BCUT2D eigenvalue weighted by atomic mass is 10.0. The van der Waals surface area contributed by atoms with E-state index in [1.165, 1.54) is 5.56 Å². The minimum atomic E-state index is -0.0567. The normalized spacial score (nSPS) is 17.7. The summed E-state index contributed by atoms with van der Waals surface area (Å²) in [5.41, 5.74) is 4.42. The van der Waals surface area contributed by atoms with Crippen molar-refractivity contribution in [1.29, 1.82) is 0 Å². The molecule has 1 aliphatic heterocycles. The van der Waals surface area contributed by atoms with Crippen molar-refractivity contribution in [3.8, 4) is 11.4 Å². The van der Waals surface area contributed by atoms with Gasteiger partial charge in [0.2, 0.25) is 0 Å². The molecule has 1 aliphatic rings. The predicted octanol–water partition coefficient (Wildman–Crippen LogP) is 5.44. The van der Waals surface area contributed by atoms with Crippen LogP contribution in [0.15, 0.2) is 97.3 Å². The minimum Gasteiger partial charge on any atom is -0.494 e. The van der Waals surface area contributed by atoms with Crippen LogP contribution in [0.25, 0.3) is 5.69 Å². The van der Waals surface area contributed by atoms with E-state index in [9.17, 15) is 0 Å². The highest BCUT2D eigenvalue weighted by atomic mass is 32.1. The molecule has 33 heavy (non-hydrogen) atoms. The van der Waals surface area contributed by atoms with Crippen LogP contribution in [-0.4, -0.2) is 26.2 Å². The first-order valence-corrected chi connectivity index (χ1v) is 11.6. The summed E-state index contributed by atoms with van der Waals surface area (Å²) >= 11 is 5.84. The van der Waals surface area contributed by atoms with Crippen molar-refractivity contribution in [1.82, 2.24) is 19.8 Å². The van der Waals surface area contributed by atoms with Gasteiger partial charge in [0.15, 0.2) is 5.11 Å². The van der Waals surface area contributed by atoms with Gasteiger partial charge >= 0.3 is 0 Å². The average Bonchev–Trinajstić information content (AvgIpc) is 3.46. The van der Waals surface area contributed by atoms with Crippen LogP contribution in [0.1, 0.15) is 36.0 Å². The van der Waals surface area contributed by atoms with Crippen LogP contribution in [0, 0.1) is 0 Å². The Labute approximate surface area is 199 Å². The van der Waals surface area contributed by atoms with Crippen molar-refractivity contribution in [2.45, 2.75) is 25.6 Å². The number of nitrogens with one attached hydrogen (secondary N) is 1. The Balaban J connectivity index is 1.56. The van der Waals surface area contributed by atoms with E-state index in [4.69, 9.17) is 17.0 Å². The molecule has 5 nitrogen and oxygen atoms in total. The summed E-state index contributed by atoms with van der Waals surface area (Å²) in [6.45, 7) is 3.36. The van der Waals surface area contributed by atoms with E-state index in [0.717, 1.165) is 34.5 Å². The first kappa shape index (κ1) is 21.2. The van der Waals surface area contributed by atoms with Crippen LogP contribution in [0.3, 0.4) is 0 Å². The molecule has 0 aliphatic carbocycles. The Bertz CT molecular complexity index is 1210. The standard InChI is InChI=1S/C27H26N4OS/c1-2-32-22-15-13-21(14-16-22)30-18-8-12-24(30)26-25(23-11-6-7-17-28-23)29-27(33)31(26)19-20-9-4-3-5-10-20/h3-18,25-26H,2,19H2,1H3,(H,29,33)/t25-,26+/m1/s1. The molecular formula is C27H26N4OS. The summed E-state index contributed by atoms with van der Waals surface area (Å²) in [6.07, 6.45) is 3.94. The first-order valence-electron chi connectivity index (χ1n) is 11.2. The summed E-state index contributed by atoms with van der Waals surface area (Å²) in [6, 6.07) is 28.9.